The van der Waals surface area contributed by atoms with E-state index in [-0.39, 0.29) is 86.3 Å². The summed E-state index contributed by atoms with van der Waals surface area (Å²) in [5.74, 6) is -5.28. The van der Waals surface area contributed by atoms with Crippen molar-refractivity contribution in [1.29, 1.82) is 0 Å². The van der Waals surface area contributed by atoms with Crippen LogP contribution in [0, 0.1) is 0 Å². The van der Waals surface area contributed by atoms with Crippen molar-refractivity contribution in [3.63, 3.8) is 0 Å². The zero-order chi connectivity index (χ0) is 27.5. The summed E-state index contributed by atoms with van der Waals surface area (Å²) < 4.78 is 4.48. The Morgan fingerprint density at radius 1 is 1.33 bits per heavy atom. The van der Waals surface area contributed by atoms with Gasteiger partial charge in [-0.1, -0.05) is 16.9 Å². The van der Waals surface area contributed by atoms with E-state index < -0.39 is 52.4 Å². The molecule has 0 spiro atoms. The van der Waals surface area contributed by atoms with Gasteiger partial charge in [0.05, 0.1) is 18.8 Å². The molecule has 14 nitrogen and oxygen atoms in total. The summed E-state index contributed by atoms with van der Waals surface area (Å²) in [4.78, 5) is 61.3. The number of methoxy groups -OCH3 is 1. The van der Waals surface area contributed by atoms with E-state index in [1.807, 2.05) is 0 Å². The number of nitrogen functional groups attached to an aromatic ring is 1. The SMILES string of the molecule is COC(=O)/C=C\SC1=C(C(=O)[O-])N2C(=O)[C@@H](N=C([O-])/C(=N/OC(C)(C)C(=O)O)c3csc(N)n3)[C@H]2SC1.[Na+].[Na+]. The van der Waals surface area contributed by atoms with Crippen molar-refractivity contribution in [3.8, 4) is 0 Å². The van der Waals surface area contributed by atoms with E-state index in [0.717, 1.165) is 45.8 Å². The molecule has 39 heavy (non-hydrogen) atoms. The fraction of sp³-hybridized carbons (Fsp3) is 0.350. The number of esters is 1. The molecular weight excluding hydrogens is 596 g/mol. The number of carbonyl (C=O) groups is 4. The van der Waals surface area contributed by atoms with Crippen molar-refractivity contribution in [1.82, 2.24) is 9.88 Å². The molecule has 0 saturated carbocycles. The normalized spacial score (nSPS) is 19.5. The first-order chi connectivity index (χ1) is 17.4. The Balaban J connectivity index is 0.00000380. The molecule has 0 aliphatic carbocycles. The number of aliphatic imine (C=N–C) groups is 1. The van der Waals surface area contributed by atoms with Gasteiger partial charge in [0.2, 0.25) is 5.60 Å². The minimum Gasteiger partial charge on any atom is -0.857 e. The molecule has 1 aromatic rings. The van der Waals surface area contributed by atoms with Gasteiger partial charge in [-0.2, -0.15) is 0 Å². The molecule has 1 saturated heterocycles. The number of aromatic nitrogens is 1. The molecule has 198 valence electrons. The van der Waals surface area contributed by atoms with Crippen LogP contribution in [-0.4, -0.2) is 80.3 Å². The quantitative estimate of drug-likeness (QED) is 0.0476. The first kappa shape index (κ1) is 35.5. The van der Waals surface area contributed by atoms with Gasteiger partial charge in [0.15, 0.2) is 11.2 Å². The molecule has 0 aromatic carbocycles. The van der Waals surface area contributed by atoms with Gasteiger partial charge in [-0.3, -0.25) is 14.7 Å². The van der Waals surface area contributed by atoms with E-state index in [4.69, 9.17) is 10.6 Å². The number of nitrogens with two attached hydrogens (primary N) is 1. The van der Waals surface area contributed by atoms with Gasteiger partial charge >= 0.3 is 71.1 Å². The maximum atomic E-state index is 13.0. The molecule has 1 aromatic heterocycles. The number of thiazole rings is 1. The number of carboxylic acid groups (broad SMARTS) is 2. The number of nitrogens with zero attached hydrogens (tertiary/aromatic N) is 4. The maximum absolute atomic E-state index is 13.0. The number of oxime groups is 1. The number of hydrogen-bond donors (Lipinski definition) is 2. The van der Waals surface area contributed by atoms with Gasteiger partial charge in [0.1, 0.15) is 16.8 Å². The fourth-order valence-corrected chi connectivity index (χ4v) is 5.69. The molecule has 19 heteroatoms. The van der Waals surface area contributed by atoms with E-state index in [2.05, 4.69) is 19.9 Å². The molecule has 2 atom stereocenters. The molecular formula is C20H19N5Na2O9S3. The molecule has 1 amide bonds. The average molecular weight is 616 g/mol. The molecule has 2 aliphatic rings. The van der Waals surface area contributed by atoms with E-state index in [0.29, 0.717) is 0 Å². The Morgan fingerprint density at radius 3 is 2.54 bits per heavy atom. The van der Waals surface area contributed by atoms with Crippen LogP contribution in [0.5, 0.6) is 0 Å². The van der Waals surface area contributed by atoms with Gasteiger partial charge < -0.3 is 35.4 Å². The summed E-state index contributed by atoms with van der Waals surface area (Å²) in [5, 5.41) is 39.7. The second-order valence-corrected chi connectivity index (χ2v) is 10.7. The summed E-state index contributed by atoms with van der Waals surface area (Å²) in [5.41, 5.74) is 2.93. The number of β-lactam (4-membered cyclic amide) rings is 1. The first-order valence-corrected chi connectivity index (χ1v) is 12.9. The number of aliphatic carboxylic acids is 2. The van der Waals surface area contributed by atoms with Crippen LogP contribution in [0.15, 0.2) is 37.6 Å². The summed E-state index contributed by atoms with van der Waals surface area (Å²) in [6.07, 6.45) is 1.09. The number of amides is 1. The smallest absolute Gasteiger partial charge is 0.857 e. The molecule has 0 radical (unpaired) electrons. The van der Waals surface area contributed by atoms with Crippen LogP contribution in [0.3, 0.4) is 0 Å². The Hall–Kier alpha value is -1.57. The monoisotopic (exact) mass is 615 g/mol. The predicted octanol–water partition coefficient (Wildman–Crippen LogP) is -7.26. The fourth-order valence-electron chi connectivity index (χ4n) is 2.85. The Labute approximate surface area is 278 Å². The molecule has 3 rings (SSSR count). The zero-order valence-corrected chi connectivity index (χ0v) is 27.8. The summed E-state index contributed by atoms with van der Waals surface area (Å²) >= 11 is 3.05. The molecule has 3 heterocycles. The van der Waals surface area contributed by atoms with Crippen molar-refractivity contribution in [2.45, 2.75) is 30.9 Å². The maximum Gasteiger partial charge on any atom is 1.00 e. The van der Waals surface area contributed by atoms with Gasteiger partial charge in [0.25, 0.3) is 5.91 Å². The summed E-state index contributed by atoms with van der Waals surface area (Å²) in [7, 11) is 1.19. The van der Waals surface area contributed by atoms with Gasteiger partial charge in [-0.15, -0.1) is 23.1 Å². The van der Waals surface area contributed by atoms with Crippen LogP contribution in [0.1, 0.15) is 19.5 Å². The number of rotatable bonds is 10. The predicted molar refractivity (Wildman–Crippen MR) is 131 cm³/mol. The number of carboxylic acids is 2. The third kappa shape index (κ3) is 8.23. The number of fused-ring (bicyclic) bond motifs is 1. The average Bonchev–Trinajstić information content (AvgIpc) is 3.27. The van der Waals surface area contributed by atoms with E-state index >= 15 is 0 Å². The van der Waals surface area contributed by atoms with Crippen LogP contribution in [0.4, 0.5) is 5.13 Å². The van der Waals surface area contributed by atoms with Gasteiger partial charge in [-0.25, -0.2) is 14.6 Å². The second-order valence-electron chi connectivity index (χ2n) is 7.71. The number of anilines is 1. The van der Waals surface area contributed by atoms with Crippen molar-refractivity contribution in [3.05, 3.63) is 33.2 Å². The molecule has 0 unspecified atom stereocenters. The molecule has 2 aliphatic heterocycles. The molecule has 3 N–H and O–H groups in total. The third-order valence-corrected chi connectivity index (χ3v) is 7.83. The third-order valence-electron chi connectivity index (χ3n) is 4.82. The molecule has 1 fully saturated rings. The second kappa shape index (κ2) is 14.9. The van der Waals surface area contributed by atoms with E-state index in [9.17, 15) is 34.5 Å². The van der Waals surface area contributed by atoms with Crippen molar-refractivity contribution >= 4 is 75.4 Å². The van der Waals surface area contributed by atoms with Crippen LogP contribution in [0.2, 0.25) is 0 Å². The Kier molecular flexibility index (Phi) is 13.5. The van der Waals surface area contributed by atoms with Crippen molar-refractivity contribution in [2.24, 2.45) is 10.1 Å². The Bertz CT molecular complexity index is 1270. The topological polar surface area (TPSA) is 220 Å². The number of ether oxygens (including phenoxy) is 1. The van der Waals surface area contributed by atoms with Crippen LogP contribution in [0.25, 0.3) is 0 Å². The molecule has 0 bridgehead atoms. The van der Waals surface area contributed by atoms with Crippen LogP contribution >= 0.6 is 34.9 Å². The van der Waals surface area contributed by atoms with Gasteiger partial charge in [0, 0.05) is 28.0 Å². The van der Waals surface area contributed by atoms with Crippen LogP contribution < -0.4 is 75.1 Å². The minimum absolute atomic E-state index is 0. The zero-order valence-electron chi connectivity index (χ0n) is 21.4. The van der Waals surface area contributed by atoms with E-state index in [1.54, 1.807) is 0 Å². The Morgan fingerprint density at radius 2 is 2.00 bits per heavy atom. The number of hydrogen-bond acceptors (Lipinski definition) is 15. The van der Waals surface area contributed by atoms with Gasteiger partial charge in [-0.05, 0) is 19.3 Å². The van der Waals surface area contributed by atoms with E-state index in [1.165, 1.54) is 31.7 Å². The number of carbonyl (C=O) groups excluding carboxylic acids is 3. The summed E-state index contributed by atoms with van der Waals surface area (Å²) in [6.45, 7) is 2.42. The minimum atomic E-state index is -1.79. The first-order valence-electron chi connectivity index (χ1n) is 10.1. The summed E-state index contributed by atoms with van der Waals surface area (Å²) in [6, 6.07) is -1.25. The van der Waals surface area contributed by atoms with Crippen molar-refractivity contribution < 1.29 is 103 Å². The van der Waals surface area contributed by atoms with Crippen molar-refractivity contribution in [2.75, 3.05) is 18.6 Å². The standard InChI is InChI=1S/C20H21N5O9S3.2Na/c1-20(2,18(31)32)34-24-11(8-6-37-19(21)22-8)14(27)23-12-15(28)25-13(17(29)30)9(7-36-16(12)25)35-5-4-10(26)33-3;;/h4-6,12,16H,7H2,1-3H3,(H2,21,22)(H,23,27)(H,29,30)(H,31,32);;/q;2*+1/p-2/b5-4-,24-11+;;/t12-,16-;;/m1../s1. The number of thioether (sulfide) groups is 2. The largest absolute Gasteiger partial charge is 1.00 e. The van der Waals surface area contributed by atoms with Crippen LogP contribution in [-0.2, 0) is 28.8 Å².